The molecule has 0 radical (unpaired) electrons. The summed E-state index contributed by atoms with van der Waals surface area (Å²) in [5.41, 5.74) is 9.72. The number of nitrogens with zero attached hydrogens (tertiary/aromatic N) is 2. The maximum absolute atomic E-state index is 13.4. The molecule has 1 amide bonds. The second-order valence-electron chi connectivity index (χ2n) is 7.76. The number of sulfonamides is 1. The van der Waals surface area contributed by atoms with Crippen LogP contribution in [-0.4, -0.2) is 38.4 Å². The van der Waals surface area contributed by atoms with Crippen molar-refractivity contribution in [3.63, 3.8) is 0 Å². The van der Waals surface area contributed by atoms with Gasteiger partial charge in [-0.25, -0.2) is 8.42 Å². The number of amides is 1. The Bertz CT molecular complexity index is 1040. The Hall–Kier alpha value is -2.38. The Morgan fingerprint density at radius 1 is 1.07 bits per heavy atom. The Kier molecular flexibility index (Phi) is 5.36. The summed E-state index contributed by atoms with van der Waals surface area (Å²) in [6, 6.07) is 12.5. The van der Waals surface area contributed by atoms with E-state index in [-0.39, 0.29) is 10.8 Å². The molecule has 0 aromatic heterocycles. The molecule has 2 heterocycles. The highest BCUT2D eigenvalue weighted by atomic mass is 32.2. The summed E-state index contributed by atoms with van der Waals surface area (Å²) >= 11 is 0. The first-order valence-electron chi connectivity index (χ1n) is 10.2. The van der Waals surface area contributed by atoms with Gasteiger partial charge in [-0.15, -0.1) is 0 Å². The summed E-state index contributed by atoms with van der Waals surface area (Å²) in [5, 5.41) is 0. The molecule has 2 aliphatic heterocycles. The maximum Gasteiger partial charge on any atom is 0.264 e. The number of para-hydroxylation sites is 1. The highest BCUT2D eigenvalue weighted by molar-refractivity contribution is 7.92. The standard InChI is InChI=1S/C22H27N3O3S/c1-2-20(23)22(26)24-13-11-16-9-10-19(14-18(16)15-24)29(27,28)25-12-5-7-17-6-3-4-8-21(17)25/h3-4,6,8-10,14,20H,2,5,7,11-13,15,23H2,1H3. The Balaban J connectivity index is 1.65. The average Bonchev–Trinajstić information content (AvgIpc) is 2.76. The van der Waals surface area contributed by atoms with E-state index >= 15 is 0 Å². The molecule has 1 atom stereocenters. The van der Waals surface area contributed by atoms with Crippen molar-refractivity contribution >= 4 is 21.6 Å². The van der Waals surface area contributed by atoms with E-state index in [1.807, 2.05) is 37.3 Å². The number of carbonyl (C=O) groups is 1. The molecule has 2 aromatic rings. The van der Waals surface area contributed by atoms with Crippen LogP contribution in [0.1, 0.15) is 36.5 Å². The van der Waals surface area contributed by atoms with Crippen molar-refractivity contribution in [1.82, 2.24) is 4.90 Å². The van der Waals surface area contributed by atoms with Gasteiger partial charge in [0.05, 0.1) is 16.6 Å². The van der Waals surface area contributed by atoms with Crippen molar-refractivity contribution < 1.29 is 13.2 Å². The molecule has 154 valence electrons. The van der Waals surface area contributed by atoms with E-state index in [1.54, 1.807) is 17.0 Å². The molecule has 0 saturated heterocycles. The van der Waals surface area contributed by atoms with Crippen LogP contribution >= 0.6 is 0 Å². The third-order valence-electron chi connectivity index (χ3n) is 5.91. The summed E-state index contributed by atoms with van der Waals surface area (Å²) < 4.78 is 28.4. The van der Waals surface area contributed by atoms with Gasteiger partial charge in [0.25, 0.3) is 10.0 Å². The van der Waals surface area contributed by atoms with E-state index in [2.05, 4.69) is 0 Å². The van der Waals surface area contributed by atoms with Crippen LogP contribution in [0.5, 0.6) is 0 Å². The smallest absolute Gasteiger partial charge is 0.264 e. The van der Waals surface area contributed by atoms with E-state index in [9.17, 15) is 13.2 Å². The van der Waals surface area contributed by atoms with Crippen LogP contribution in [0.4, 0.5) is 5.69 Å². The Morgan fingerprint density at radius 2 is 1.86 bits per heavy atom. The molecule has 7 heteroatoms. The zero-order valence-corrected chi connectivity index (χ0v) is 17.5. The largest absolute Gasteiger partial charge is 0.337 e. The SMILES string of the molecule is CCC(N)C(=O)N1CCc2ccc(S(=O)(=O)N3CCCc4ccccc43)cc2C1. The lowest BCUT2D eigenvalue weighted by atomic mass is 9.99. The minimum atomic E-state index is -3.66. The van der Waals surface area contributed by atoms with Crippen LogP contribution in [0.2, 0.25) is 0 Å². The van der Waals surface area contributed by atoms with Crippen LogP contribution in [0.25, 0.3) is 0 Å². The van der Waals surface area contributed by atoms with Crippen molar-refractivity contribution in [3.05, 3.63) is 59.2 Å². The zero-order valence-electron chi connectivity index (χ0n) is 16.7. The molecule has 0 aliphatic carbocycles. The lowest BCUT2D eigenvalue weighted by molar-refractivity contribution is -0.133. The minimum absolute atomic E-state index is 0.0728. The summed E-state index contributed by atoms with van der Waals surface area (Å²) in [5.74, 6) is -0.0728. The van der Waals surface area contributed by atoms with Crippen LogP contribution in [0.3, 0.4) is 0 Å². The molecular formula is C22H27N3O3S. The molecule has 2 N–H and O–H groups in total. The van der Waals surface area contributed by atoms with Gasteiger partial charge < -0.3 is 10.6 Å². The number of anilines is 1. The van der Waals surface area contributed by atoms with Gasteiger partial charge in [-0.2, -0.15) is 0 Å². The van der Waals surface area contributed by atoms with Gasteiger partial charge in [-0.3, -0.25) is 9.10 Å². The van der Waals surface area contributed by atoms with Gasteiger partial charge in [0.2, 0.25) is 5.91 Å². The first-order valence-corrected chi connectivity index (χ1v) is 11.6. The molecule has 0 fully saturated rings. The summed E-state index contributed by atoms with van der Waals surface area (Å²) in [6.45, 7) is 3.39. The number of rotatable bonds is 4. The molecule has 2 aliphatic rings. The molecule has 1 unspecified atom stereocenters. The van der Waals surface area contributed by atoms with Gasteiger partial charge >= 0.3 is 0 Å². The third-order valence-corrected chi connectivity index (χ3v) is 7.72. The van der Waals surface area contributed by atoms with Crippen molar-refractivity contribution in [2.75, 3.05) is 17.4 Å². The fourth-order valence-corrected chi connectivity index (χ4v) is 5.76. The van der Waals surface area contributed by atoms with E-state index in [1.165, 1.54) is 4.31 Å². The van der Waals surface area contributed by atoms with Crippen molar-refractivity contribution in [2.24, 2.45) is 5.73 Å². The predicted octanol–water partition coefficient (Wildman–Crippen LogP) is 2.45. The van der Waals surface area contributed by atoms with Gasteiger partial charge in [-0.05, 0) is 60.6 Å². The quantitative estimate of drug-likeness (QED) is 0.835. The lowest BCUT2D eigenvalue weighted by Crippen LogP contribution is -2.45. The van der Waals surface area contributed by atoms with Crippen molar-refractivity contribution in [2.45, 2.75) is 50.1 Å². The van der Waals surface area contributed by atoms with E-state index in [0.717, 1.165) is 35.2 Å². The molecule has 0 spiro atoms. The topological polar surface area (TPSA) is 83.7 Å². The van der Waals surface area contributed by atoms with Crippen molar-refractivity contribution in [1.29, 1.82) is 0 Å². The zero-order chi connectivity index (χ0) is 20.6. The summed E-state index contributed by atoms with van der Waals surface area (Å²) in [7, 11) is -3.66. The van der Waals surface area contributed by atoms with Crippen LogP contribution in [0, 0.1) is 0 Å². The number of hydrogen-bond acceptors (Lipinski definition) is 4. The van der Waals surface area contributed by atoms with Crippen LogP contribution < -0.4 is 10.0 Å². The van der Waals surface area contributed by atoms with Gasteiger partial charge in [0.15, 0.2) is 0 Å². The normalized spacial score (nSPS) is 17.4. The first-order chi connectivity index (χ1) is 13.9. The fourth-order valence-electron chi connectivity index (χ4n) is 4.17. The Morgan fingerprint density at radius 3 is 2.66 bits per heavy atom. The third kappa shape index (κ3) is 3.65. The number of fused-ring (bicyclic) bond motifs is 2. The Labute approximate surface area is 172 Å². The fraction of sp³-hybridized carbons (Fsp3) is 0.409. The van der Waals surface area contributed by atoms with Crippen LogP contribution in [-0.2, 0) is 34.2 Å². The van der Waals surface area contributed by atoms with Crippen LogP contribution in [0.15, 0.2) is 47.4 Å². The van der Waals surface area contributed by atoms with Crippen molar-refractivity contribution in [3.8, 4) is 0 Å². The van der Waals surface area contributed by atoms with Gasteiger partial charge in [0.1, 0.15) is 0 Å². The van der Waals surface area contributed by atoms with Gasteiger partial charge in [0, 0.05) is 19.6 Å². The highest BCUT2D eigenvalue weighted by Gasteiger charge is 2.31. The summed E-state index contributed by atoms with van der Waals surface area (Å²) in [4.78, 5) is 14.5. The first kappa shape index (κ1) is 19.9. The van der Waals surface area contributed by atoms with E-state index in [4.69, 9.17) is 5.73 Å². The molecule has 0 saturated carbocycles. The molecule has 0 bridgehead atoms. The predicted molar refractivity (Wildman–Crippen MR) is 113 cm³/mol. The number of hydrogen-bond donors (Lipinski definition) is 1. The molecular weight excluding hydrogens is 386 g/mol. The molecule has 2 aromatic carbocycles. The lowest BCUT2D eigenvalue weighted by Gasteiger charge is -2.32. The second kappa shape index (κ2) is 7.80. The number of carbonyl (C=O) groups excluding carboxylic acids is 1. The monoisotopic (exact) mass is 413 g/mol. The number of nitrogens with two attached hydrogens (primary N) is 1. The number of aryl methyl sites for hydroxylation is 1. The number of benzene rings is 2. The average molecular weight is 414 g/mol. The highest BCUT2D eigenvalue weighted by Crippen LogP contribution is 2.33. The van der Waals surface area contributed by atoms with Gasteiger partial charge in [-0.1, -0.05) is 31.2 Å². The summed E-state index contributed by atoms with van der Waals surface area (Å²) in [6.07, 6.45) is 2.99. The molecule has 4 rings (SSSR count). The minimum Gasteiger partial charge on any atom is -0.337 e. The maximum atomic E-state index is 13.4. The molecule has 29 heavy (non-hydrogen) atoms. The van der Waals surface area contributed by atoms with E-state index in [0.29, 0.717) is 32.5 Å². The second-order valence-corrected chi connectivity index (χ2v) is 9.63. The van der Waals surface area contributed by atoms with E-state index < -0.39 is 16.1 Å². The molecule has 6 nitrogen and oxygen atoms in total.